The van der Waals surface area contributed by atoms with Crippen LogP contribution in [0.15, 0.2) is 22.1 Å². The van der Waals surface area contributed by atoms with E-state index in [0.717, 1.165) is 0 Å². The number of fused-ring (bicyclic) bond motifs is 1. The molecule has 2 aliphatic heterocycles. The molecule has 0 radical (unpaired) electrons. The maximum Gasteiger partial charge on any atom is 0.349 e. The van der Waals surface area contributed by atoms with Crippen LogP contribution < -0.4 is 0 Å². The first kappa shape index (κ1) is 7.21. The zero-order chi connectivity index (χ0) is 8.55. The fourth-order valence-electron chi connectivity index (χ4n) is 1.42. The van der Waals surface area contributed by atoms with Crippen LogP contribution in [-0.4, -0.2) is 29.2 Å². The van der Waals surface area contributed by atoms with E-state index in [9.17, 15) is 4.79 Å². The molecular formula is C8H8N2O2. The monoisotopic (exact) mass is 164 g/mol. The molecule has 2 rings (SSSR count). The standard InChI is InChI=1S/C8H8N2O2/c11-8(12)6-4-5-2-1-3-9-7(5)10-6/h1-3,5,7H,4H2,(H,11,12). The fourth-order valence-corrected chi connectivity index (χ4v) is 1.42. The van der Waals surface area contributed by atoms with E-state index in [1.807, 2.05) is 12.2 Å². The number of hydrogen-bond donors (Lipinski definition) is 1. The first-order chi connectivity index (χ1) is 5.77. The van der Waals surface area contributed by atoms with Gasteiger partial charge in [-0.05, 0) is 6.08 Å². The lowest BCUT2D eigenvalue weighted by molar-refractivity contribution is -0.129. The highest BCUT2D eigenvalue weighted by atomic mass is 16.4. The summed E-state index contributed by atoms with van der Waals surface area (Å²) in [5, 5.41) is 8.65. The van der Waals surface area contributed by atoms with E-state index >= 15 is 0 Å². The number of carboxylic acid groups (broad SMARTS) is 1. The van der Waals surface area contributed by atoms with Gasteiger partial charge in [0.25, 0.3) is 0 Å². The molecule has 0 saturated carbocycles. The molecule has 2 heterocycles. The third kappa shape index (κ3) is 1.05. The van der Waals surface area contributed by atoms with Gasteiger partial charge in [-0.3, -0.25) is 9.98 Å². The largest absolute Gasteiger partial charge is 0.477 e. The highest BCUT2D eigenvalue weighted by molar-refractivity contribution is 6.36. The van der Waals surface area contributed by atoms with Crippen LogP contribution in [0.5, 0.6) is 0 Å². The Hall–Kier alpha value is -1.45. The van der Waals surface area contributed by atoms with Crippen LogP contribution in [0.2, 0.25) is 0 Å². The van der Waals surface area contributed by atoms with Crippen molar-refractivity contribution in [2.24, 2.45) is 15.9 Å². The molecule has 2 aliphatic rings. The second kappa shape index (κ2) is 2.55. The maximum atomic E-state index is 10.5. The van der Waals surface area contributed by atoms with Gasteiger partial charge in [0.15, 0.2) is 0 Å². The van der Waals surface area contributed by atoms with E-state index < -0.39 is 5.97 Å². The molecule has 0 saturated heterocycles. The average molecular weight is 164 g/mol. The maximum absolute atomic E-state index is 10.5. The Morgan fingerprint density at radius 3 is 3.17 bits per heavy atom. The van der Waals surface area contributed by atoms with E-state index in [1.54, 1.807) is 6.21 Å². The predicted octanol–water partition coefficient (Wildman–Crippen LogP) is 0.499. The molecule has 0 aromatic heterocycles. The molecule has 62 valence electrons. The highest BCUT2D eigenvalue weighted by Gasteiger charge is 2.30. The first-order valence-electron chi connectivity index (χ1n) is 3.77. The molecular weight excluding hydrogens is 156 g/mol. The summed E-state index contributed by atoms with van der Waals surface area (Å²) in [6.07, 6.45) is 5.78. The Labute approximate surface area is 69.3 Å². The number of hydrogen-bond acceptors (Lipinski definition) is 3. The first-order valence-corrected chi connectivity index (χ1v) is 3.77. The van der Waals surface area contributed by atoms with E-state index in [0.29, 0.717) is 6.42 Å². The van der Waals surface area contributed by atoms with Crippen molar-refractivity contribution < 1.29 is 9.90 Å². The van der Waals surface area contributed by atoms with Gasteiger partial charge in [0.2, 0.25) is 0 Å². The predicted molar refractivity (Wildman–Crippen MR) is 44.6 cm³/mol. The van der Waals surface area contributed by atoms with Gasteiger partial charge in [-0.15, -0.1) is 0 Å². The molecule has 0 spiro atoms. The number of aliphatic carboxylic acids is 1. The molecule has 1 N–H and O–H groups in total. The zero-order valence-corrected chi connectivity index (χ0v) is 6.34. The van der Waals surface area contributed by atoms with Gasteiger partial charge in [-0.1, -0.05) is 6.08 Å². The van der Waals surface area contributed by atoms with Gasteiger partial charge in [0, 0.05) is 18.6 Å². The molecule has 0 aromatic carbocycles. The van der Waals surface area contributed by atoms with E-state index in [-0.39, 0.29) is 17.8 Å². The molecule has 0 aliphatic carbocycles. The van der Waals surface area contributed by atoms with Gasteiger partial charge in [-0.25, -0.2) is 4.79 Å². The minimum absolute atomic E-state index is 0.168. The molecule has 12 heavy (non-hydrogen) atoms. The molecule has 2 unspecified atom stereocenters. The van der Waals surface area contributed by atoms with Crippen molar-refractivity contribution in [1.29, 1.82) is 0 Å². The summed E-state index contributed by atoms with van der Waals surface area (Å²) in [5.41, 5.74) is 0.244. The van der Waals surface area contributed by atoms with Gasteiger partial charge >= 0.3 is 5.97 Å². The Balaban J connectivity index is 2.21. The van der Waals surface area contributed by atoms with Crippen molar-refractivity contribution in [1.82, 2.24) is 0 Å². The lowest BCUT2D eigenvalue weighted by atomic mass is 10.0. The van der Waals surface area contributed by atoms with Crippen LogP contribution in [0.4, 0.5) is 0 Å². The normalized spacial score (nSPS) is 31.5. The topological polar surface area (TPSA) is 62.0 Å². The van der Waals surface area contributed by atoms with Gasteiger partial charge in [0.1, 0.15) is 11.9 Å². The summed E-state index contributed by atoms with van der Waals surface area (Å²) in [7, 11) is 0. The van der Waals surface area contributed by atoms with Crippen molar-refractivity contribution in [3.63, 3.8) is 0 Å². The molecule has 4 heteroatoms. The van der Waals surface area contributed by atoms with E-state index in [1.165, 1.54) is 0 Å². The Morgan fingerprint density at radius 2 is 2.50 bits per heavy atom. The van der Waals surface area contributed by atoms with Gasteiger partial charge in [-0.2, -0.15) is 0 Å². The quantitative estimate of drug-likeness (QED) is 0.613. The molecule has 0 aromatic rings. The second-order valence-corrected chi connectivity index (χ2v) is 2.85. The third-order valence-electron chi connectivity index (χ3n) is 2.03. The fraction of sp³-hybridized carbons (Fsp3) is 0.375. The number of carboxylic acids is 1. The van der Waals surface area contributed by atoms with Crippen molar-refractivity contribution in [2.75, 3.05) is 0 Å². The van der Waals surface area contributed by atoms with E-state index in [2.05, 4.69) is 9.98 Å². The lowest BCUT2D eigenvalue weighted by Crippen LogP contribution is -2.13. The number of allylic oxidation sites excluding steroid dienone is 1. The Kier molecular flexibility index (Phi) is 1.53. The van der Waals surface area contributed by atoms with Crippen molar-refractivity contribution >= 4 is 17.9 Å². The summed E-state index contributed by atoms with van der Waals surface area (Å²) in [4.78, 5) is 18.6. The summed E-state index contributed by atoms with van der Waals surface area (Å²) >= 11 is 0. The van der Waals surface area contributed by atoms with Crippen molar-refractivity contribution in [2.45, 2.75) is 12.6 Å². The number of nitrogens with zero attached hydrogens (tertiary/aromatic N) is 2. The lowest BCUT2D eigenvalue weighted by Gasteiger charge is -2.10. The number of carbonyl (C=O) groups is 1. The second-order valence-electron chi connectivity index (χ2n) is 2.85. The summed E-state index contributed by atoms with van der Waals surface area (Å²) < 4.78 is 0. The zero-order valence-electron chi connectivity index (χ0n) is 6.34. The summed E-state index contributed by atoms with van der Waals surface area (Å²) in [6.45, 7) is 0. The number of rotatable bonds is 1. The van der Waals surface area contributed by atoms with Crippen LogP contribution in [0.3, 0.4) is 0 Å². The molecule has 0 bridgehead atoms. The SMILES string of the molecule is O=C(O)C1=NC2N=CC=CC2C1. The smallest absolute Gasteiger partial charge is 0.349 e. The minimum atomic E-state index is -0.923. The van der Waals surface area contributed by atoms with Crippen LogP contribution in [-0.2, 0) is 4.79 Å². The summed E-state index contributed by atoms with van der Waals surface area (Å²) in [5.74, 6) is -0.755. The van der Waals surface area contributed by atoms with E-state index in [4.69, 9.17) is 5.11 Å². The molecule has 2 atom stereocenters. The average Bonchev–Trinajstić information content (AvgIpc) is 2.46. The third-order valence-corrected chi connectivity index (χ3v) is 2.03. The highest BCUT2D eigenvalue weighted by Crippen LogP contribution is 2.25. The summed E-state index contributed by atoms with van der Waals surface area (Å²) in [6, 6.07) is 0. The van der Waals surface area contributed by atoms with Crippen molar-refractivity contribution in [3.05, 3.63) is 12.2 Å². The Bertz CT molecular complexity index is 304. The van der Waals surface area contributed by atoms with Gasteiger partial charge < -0.3 is 5.11 Å². The van der Waals surface area contributed by atoms with Crippen molar-refractivity contribution in [3.8, 4) is 0 Å². The Morgan fingerprint density at radius 1 is 1.67 bits per heavy atom. The van der Waals surface area contributed by atoms with Crippen LogP contribution in [0.25, 0.3) is 0 Å². The number of aliphatic imine (C=N–C) groups is 2. The van der Waals surface area contributed by atoms with Crippen LogP contribution in [0.1, 0.15) is 6.42 Å². The number of dihydropyridines is 1. The van der Waals surface area contributed by atoms with Crippen LogP contribution in [0, 0.1) is 5.92 Å². The van der Waals surface area contributed by atoms with Crippen LogP contribution >= 0.6 is 0 Å². The molecule has 0 fully saturated rings. The minimum Gasteiger partial charge on any atom is -0.477 e. The molecule has 4 nitrogen and oxygen atoms in total. The molecule has 0 amide bonds. The van der Waals surface area contributed by atoms with Gasteiger partial charge in [0.05, 0.1) is 0 Å².